The van der Waals surface area contributed by atoms with Crippen LogP contribution in [0.1, 0.15) is 18.5 Å². The summed E-state index contributed by atoms with van der Waals surface area (Å²) in [4.78, 5) is 0. The number of rotatable bonds is 4. The number of alkyl halides is 1. The number of nitrogens with one attached hydrogen (secondary N) is 1. The van der Waals surface area contributed by atoms with E-state index in [4.69, 9.17) is 0 Å². The quantitative estimate of drug-likeness (QED) is 0.865. The molecule has 1 rings (SSSR count). The van der Waals surface area contributed by atoms with Crippen LogP contribution in [0.2, 0.25) is 0 Å². The van der Waals surface area contributed by atoms with Gasteiger partial charge in [0.15, 0.2) is 0 Å². The molecule has 0 fully saturated rings. The van der Waals surface area contributed by atoms with Crippen LogP contribution in [-0.2, 0) is 10.0 Å². The van der Waals surface area contributed by atoms with Crippen LogP contribution in [-0.4, -0.2) is 13.1 Å². The van der Waals surface area contributed by atoms with Crippen molar-refractivity contribution in [2.24, 2.45) is 0 Å². The second-order valence-corrected chi connectivity index (χ2v) is 6.18. The molecule has 0 aliphatic carbocycles. The van der Waals surface area contributed by atoms with Crippen LogP contribution in [0.5, 0.6) is 0 Å². The Morgan fingerprint density at radius 3 is 2.73 bits per heavy atom. The first-order chi connectivity index (χ1) is 6.94. The molecule has 6 heteroatoms. The predicted octanol–water partition coefficient (Wildman–Crippen LogP) is 2.16. The standard InChI is InChI=1S/C9H11BrFNO2S/c1-7(12-15(13,14)6-10)8-3-2-4-9(11)5-8/h2-5,7,12H,6H2,1H3. The molecule has 0 saturated carbocycles. The first-order valence-corrected chi connectivity index (χ1v) is 7.03. The maximum atomic E-state index is 12.9. The van der Waals surface area contributed by atoms with E-state index in [0.717, 1.165) is 0 Å². The Bertz CT molecular complexity index is 435. The van der Waals surface area contributed by atoms with Gasteiger partial charge in [-0.05, 0) is 24.6 Å². The molecule has 0 radical (unpaired) electrons. The lowest BCUT2D eigenvalue weighted by molar-refractivity contribution is 0.569. The van der Waals surface area contributed by atoms with E-state index in [9.17, 15) is 12.8 Å². The molecule has 0 amide bonds. The highest BCUT2D eigenvalue weighted by Gasteiger charge is 2.14. The van der Waals surface area contributed by atoms with Crippen LogP contribution in [0.15, 0.2) is 24.3 Å². The SMILES string of the molecule is CC(NS(=O)(=O)CBr)c1cccc(F)c1. The maximum absolute atomic E-state index is 12.9. The summed E-state index contributed by atoms with van der Waals surface area (Å²) in [6.45, 7) is 1.66. The molecular weight excluding hydrogens is 285 g/mol. The Labute approximate surface area is 96.9 Å². The number of hydrogen-bond donors (Lipinski definition) is 1. The third-order valence-corrected chi connectivity index (χ3v) is 4.66. The topological polar surface area (TPSA) is 46.2 Å². The number of hydrogen-bond acceptors (Lipinski definition) is 2. The molecule has 0 saturated heterocycles. The molecule has 1 unspecified atom stereocenters. The zero-order valence-electron chi connectivity index (χ0n) is 8.07. The van der Waals surface area contributed by atoms with Gasteiger partial charge in [-0.2, -0.15) is 0 Å². The van der Waals surface area contributed by atoms with E-state index in [2.05, 4.69) is 20.7 Å². The van der Waals surface area contributed by atoms with E-state index in [1.807, 2.05) is 0 Å². The summed E-state index contributed by atoms with van der Waals surface area (Å²) in [5.41, 5.74) is 0.597. The fourth-order valence-electron chi connectivity index (χ4n) is 1.14. The van der Waals surface area contributed by atoms with Gasteiger partial charge >= 0.3 is 0 Å². The first kappa shape index (κ1) is 12.6. The molecule has 84 valence electrons. The highest BCUT2D eigenvalue weighted by atomic mass is 79.9. The molecule has 1 atom stereocenters. The molecule has 0 heterocycles. The third kappa shape index (κ3) is 3.89. The van der Waals surface area contributed by atoms with Crippen LogP contribution < -0.4 is 4.72 Å². The Morgan fingerprint density at radius 1 is 1.53 bits per heavy atom. The van der Waals surface area contributed by atoms with E-state index in [1.165, 1.54) is 12.1 Å². The van der Waals surface area contributed by atoms with Crippen molar-refractivity contribution in [1.29, 1.82) is 0 Å². The molecule has 0 aliphatic rings. The average Bonchev–Trinajstić information content (AvgIpc) is 2.17. The molecule has 0 aliphatic heterocycles. The van der Waals surface area contributed by atoms with Crippen molar-refractivity contribution >= 4 is 26.0 Å². The lowest BCUT2D eigenvalue weighted by Crippen LogP contribution is -2.27. The Hall–Kier alpha value is -0.460. The molecule has 0 bridgehead atoms. The summed E-state index contributed by atoms with van der Waals surface area (Å²) >= 11 is 2.86. The minimum atomic E-state index is -3.34. The van der Waals surface area contributed by atoms with Crippen LogP contribution in [0, 0.1) is 5.82 Å². The van der Waals surface area contributed by atoms with Crippen molar-refractivity contribution < 1.29 is 12.8 Å². The van der Waals surface area contributed by atoms with Gasteiger partial charge in [0.2, 0.25) is 10.0 Å². The van der Waals surface area contributed by atoms with E-state index in [0.29, 0.717) is 5.56 Å². The second kappa shape index (κ2) is 5.05. The van der Waals surface area contributed by atoms with E-state index in [1.54, 1.807) is 19.1 Å². The summed E-state index contributed by atoms with van der Waals surface area (Å²) in [6, 6.07) is 5.40. The lowest BCUT2D eigenvalue weighted by Gasteiger charge is -2.13. The van der Waals surface area contributed by atoms with Crippen LogP contribution in [0.25, 0.3) is 0 Å². The van der Waals surface area contributed by atoms with Crippen molar-refractivity contribution in [3.05, 3.63) is 35.6 Å². The van der Waals surface area contributed by atoms with Gasteiger partial charge in [0, 0.05) is 6.04 Å². The lowest BCUT2D eigenvalue weighted by atomic mass is 10.1. The van der Waals surface area contributed by atoms with Gasteiger partial charge in [0.1, 0.15) is 10.5 Å². The summed E-state index contributed by atoms with van der Waals surface area (Å²) in [5.74, 6) is -0.377. The average molecular weight is 296 g/mol. The Balaban J connectivity index is 2.82. The van der Waals surface area contributed by atoms with Crippen LogP contribution in [0.3, 0.4) is 0 Å². The van der Waals surface area contributed by atoms with E-state index < -0.39 is 16.1 Å². The van der Waals surface area contributed by atoms with Crippen molar-refractivity contribution in [1.82, 2.24) is 4.72 Å². The highest BCUT2D eigenvalue weighted by Crippen LogP contribution is 2.14. The molecule has 15 heavy (non-hydrogen) atoms. The monoisotopic (exact) mass is 295 g/mol. The molecule has 3 nitrogen and oxygen atoms in total. The van der Waals surface area contributed by atoms with Gasteiger partial charge in [-0.1, -0.05) is 28.1 Å². The molecular formula is C9H11BrFNO2S. The van der Waals surface area contributed by atoms with Crippen molar-refractivity contribution in [2.45, 2.75) is 13.0 Å². The van der Waals surface area contributed by atoms with Gasteiger partial charge in [0.05, 0.1) is 0 Å². The van der Waals surface area contributed by atoms with Crippen molar-refractivity contribution in [2.75, 3.05) is 4.66 Å². The summed E-state index contributed by atoms with van der Waals surface area (Å²) < 4.78 is 37.5. The molecule has 1 aromatic rings. The smallest absolute Gasteiger partial charge is 0.212 e. The van der Waals surface area contributed by atoms with E-state index >= 15 is 0 Å². The zero-order chi connectivity index (χ0) is 11.5. The number of sulfonamides is 1. The fraction of sp³-hybridized carbons (Fsp3) is 0.333. The molecule has 0 spiro atoms. The predicted molar refractivity (Wildman–Crippen MR) is 60.7 cm³/mol. The van der Waals surface area contributed by atoms with Crippen LogP contribution in [0.4, 0.5) is 4.39 Å². The van der Waals surface area contributed by atoms with Gasteiger partial charge in [0.25, 0.3) is 0 Å². The van der Waals surface area contributed by atoms with Gasteiger partial charge < -0.3 is 0 Å². The summed E-state index contributed by atoms with van der Waals surface area (Å²) in [7, 11) is -3.34. The molecule has 1 N–H and O–H groups in total. The van der Waals surface area contributed by atoms with Gasteiger partial charge in [-0.15, -0.1) is 0 Å². The van der Waals surface area contributed by atoms with Crippen LogP contribution >= 0.6 is 15.9 Å². The van der Waals surface area contributed by atoms with Crippen molar-refractivity contribution in [3.63, 3.8) is 0 Å². The third-order valence-electron chi connectivity index (χ3n) is 1.85. The van der Waals surface area contributed by atoms with E-state index in [-0.39, 0.29) is 10.5 Å². The molecule has 0 aromatic heterocycles. The normalized spacial score (nSPS) is 13.8. The number of halogens is 2. The van der Waals surface area contributed by atoms with Gasteiger partial charge in [-0.3, -0.25) is 0 Å². The van der Waals surface area contributed by atoms with Crippen molar-refractivity contribution in [3.8, 4) is 0 Å². The second-order valence-electron chi connectivity index (χ2n) is 3.12. The highest BCUT2D eigenvalue weighted by molar-refractivity contribution is 9.10. The minimum absolute atomic E-state index is 0.167. The molecule has 1 aromatic carbocycles. The summed E-state index contributed by atoms with van der Waals surface area (Å²) in [6.07, 6.45) is 0. The van der Waals surface area contributed by atoms with Gasteiger partial charge in [-0.25, -0.2) is 17.5 Å². The maximum Gasteiger partial charge on any atom is 0.222 e. The fourth-order valence-corrected chi connectivity index (χ4v) is 2.28. The first-order valence-electron chi connectivity index (χ1n) is 4.26. The Kier molecular flexibility index (Phi) is 4.24. The summed E-state index contributed by atoms with van der Waals surface area (Å²) in [5, 5.41) is 0. The Morgan fingerprint density at radius 2 is 2.20 bits per heavy atom. The number of benzene rings is 1. The largest absolute Gasteiger partial charge is 0.222 e. The zero-order valence-corrected chi connectivity index (χ0v) is 10.5. The minimum Gasteiger partial charge on any atom is -0.212 e.